The lowest BCUT2D eigenvalue weighted by Gasteiger charge is -2.32. The molecule has 3 aromatic heterocycles. The Morgan fingerprint density at radius 3 is 2.54 bits per heavy atom. The Bertz CT molecular complexity index is 2340. The van der Waals surface area contributed by atoms with Gasteiger partial charge in [-0.1, -0.05) is 48.0 Å². The van der Waals surface area contributed by atoms with Crippen molar-refractivity contribution in [2.75, 3.05) is 58.3 Å². The first-order valence-corrected chi connectivity index (χ1v) is 19.9. The number of hydrogen-bond acceptors (Lipinski definition) is 12. The highest BCUT2D eigenvalue weighted by Crippen LogP contribution is 2.49. The Kier molecular flexibility index (Phi) is 12.7. The van der Waals surface area contributed by atoms with Crippen LogP contribution in [0.1, 0.15) is 23.7 Å². The third-order valence-corrected chi connectivity index (χ3v) is 11.4. The molecule has 1 atom stereocenters. The molecule has 1 aliphatic rings. The molecule has 2 N–H and O–H groups in total. The van der Waals surface area contributed by atoms with E-state index in [-0.39, 0.29) is 24.9 Å². The van der Waals surface area contributed by atoms with Crippen molar-refractivity contribution in [1.82, 2.24) is 29.7 Å². The second-order valence-corrected chi connectivity index (χ2v) is 15.0. The minimum Gasteiger partial charge on any atom is -0.491 e. The molecule has 296 valence electrons. The molecule has 0 amide bonds. The van der Waals surface area contributed by atoms with E-state index in [0.29, 0.717) is 57.0 Å². The normalized spacial score (nSPS) is 14.1. The van der Waals surface area contributed by atoms with Gasteiger partial charge in [-0.3, -0.25) is 4.90 Å². The number of likely N-dealkylation sites (N-methyl/N-ethyl adjacent to an activating group) is 1. The molecule has 3 aromatic carbocycles. The SMILES string of the molecule is CCOc1nccc(COc2ccccc2C[C@@H](Nc2ncnc3sc(-c4ccc(F)cc4)c(-c4ccc(OCCN5CCN(C)CC5)c(Cl)c4C)c23)C(=O)O)n1. The molecule has 0 saturated carbocycles. The Morgan fingerprint density at radius 1 is 0.982 bits per heavy atom. The number of ether oxygens (including phenoxy) is 3. The number of thiophene rings is 1. The number of carboxylic acids is 1. The second kappa shape index (κ2) is 18.2. The lowest BCUT2D eigenvalue weighted by Crippen LogP contribution is -2.45. The average Bonchev–Trinajstić information content (AvgIpc) is 3.60. The van der Waals surface area contributed by atoms with Crippen LogP contribution in [-0.2, 0) is 17.8 Å². The zero-order chi connectivity index (χ0) is 39.9. The van der Waals surface area contributed by atoms with Gasteiger partial charge in [0.15, 0.2) is 0 Å². The first kappa shape index (κ1) is 39.8. The molecule has 57 heavy (non-hydrogen) atoms. The van der Waals surface area contributed by atoms with E-state index in [9.17, 15) is 14.3 Å². The molecule has 0 aliphatic carbocycles. The topological polar surface area (TPSA) is 135 Å². The number of carbonyl (C=O) groups is 1. The summed E-state index contributed by atoms with van der Waals surface area (Å²) in [7, 11) is 2.13. The Hall–Kier alpha value is -5.41. The molecule has 6 aromatic rings. The lowest BCUT2D eigenvalue weighted by atomic mass is 9.95. The highest BCUT2D eigenvalue weighted by Gasteiger charge is 2.27. The molecule has 12 nitrogen and oxygen atoms in total. The van der Waals surface area contributed by atoms with Crippen LogP contribution in [0.2, 0.25) is 5.02 Å². The van der Waals surface area contributed by atoms with Crippen LogP contribution in [0.25, 0.3) is 31.8 Å². The minimum absolute atomic E-state index is 0.0697. The van der Waals surface area contributed by atoms with Gasteiger partial charge < -0.3 is 29.5 Å². The monoisotopic (exact) mass is 811 g/mol. The second-order valence-electron chi connectivity index (χ2n) is 13.7. The average molecular weight is 812 g/mol. The lowest BCUT2D eigenvalue weighted by molar-refractivity contribution is -0.137. The van der Waals surface area contributed by atoms with Crippen molar-refractivity contribution < 1.29 is 28.5 Å². The van der Waals surface area contributed by atoms with Crippen LogP contribution < -0.4 is 19.5 Å². The molecule has 4 heterocycles. The van der Waals surface area contributed by atoms with E-state index in [4.69, 9.17) is 25.8 Å². The Labute approximate surface area is 339 Å². The fraction of sp³-hybridized carbons (Fsp3) is 0.310. The van der Waals surface area contributed by atoms with Gasteiger partial charge in [0, 0.05) is 55.8 Å². The van der Waals surface area contributed by atoms with E-state index in [1.807, 2.05) is 44.2 Å². The number of anilines is 1. The molecule has 15 heteroatoms. The van der Waals surface area contributed by atoms with Crippen molar-refractivity contribution in [2.24, 2.45) is 0 Å². The van der Waals surface area contributed by atoms with Crippen LogP contribution in [0.3, 0.4) is 0 Å². The van der Waals surface area contributed by atoms with E-state index in [2.05, 4.69) is 42.1 Å². The number of rotatable bonds is 16. The molecule has 0 unspecified atom stereocenters. The van der Waals surface area contributed by atoms with Gasteiger partial charge in [0.2, 0.25) is 0 Å². The van der Waals surface area contributed by atoms with Crippen LogP contribution in [-0.4, -0.2) is 99.8 Å². The van der Waals surface area contributed by atoms with Gasteiger partial charge in [-0.2, -0.15) is 4.98 Å². The Balaban J connectivity index is 1.20. The molecule has 0 radical (unpaired) electrons. The summed E-state index contributed by atoms with van der Waals surface area (Å²) in [5, 5.41) is 14.9. The third-order valence-electron chi connectivity index (χ3n) is 9.82. The van der Waals surface area contributed by atoms with Gasteiger partial charge in [-0.25, -0.2) is 24.1 Å². The van der Waals surface area contributed by atoms with E-state index < -0.39 is 12.0 Å². The van der Waals surface area contributed by atoms with E-state index in [0.717, 1.165) is 59.9 Å². The van der Waals surface area contributed by atoms with Crippen molar-refractivity contribution in [3.05, 3.63) is 107 Å². The van der Waals surface area contributed by atoms with E-state index in [1.54, 1.807) is 30.5 Å². The zero-order valence-corrected chi connectivity index (χ0v) is 33.4. The number of aliphatic carboxylic acids is 1. The number of hydrogen-bond donors (Lipinski definition) is 2. The number of nitrogens with zero attached hydrogens (tertiary/aromatic N) is 6. The number of benzene rings is 3. The Morgan fingerprint density at radius 2 is 1.77 bits per heavy atom. The predicted octanol–water partition coefficient (Wildman–Crippen LogP) is 7.63. The van der Waals surface area contributed by atoms with Crippen LogP contribution in [0, 0.1) is 12.7 Å². The number of para-hydroxylation sites is 1. The fourth-order valence-electron chi connectivity index (χ4n) is 6.71. The van der Waals surface area contributed by atoms with Gasteiger partial charge in [0.1, 0.15) is 53.5 Å². The summed E-state index contributed by atoms with van der Waals surface area (Å²) in [6, 6.07) is 18.2. The summed E-state index contributed by atoms with van der Waals surface area (Å²) in [4.78, 5) is 36.8. The third kappa shape index (κ3) is 9.42. The summed E-state index contributed by atoms with van der Waals surface area (Å²) >= 11 is 8.45. The number of nitrogens with one attached hydrogen (secondary N) is 1. The molecule has 1 aliphatic heterocycles. The standard InChI is InChI=1S/C42H43ClFN7O5S/c1-4-54-42-45-16-15-30(48-42)24-56-33-8-6-5-7-28(33)23-32(41(52)53)49-39-36-35(38(57-40(36)47-25-46-39)27-9-11-29(44)12-10-27)31-13-14-34(37(43)26(31)2)55-22-21-51-19-17-50(3)18-20-51/h5-16,25,32H,4,17-24H2,1-3H3,(H,52,53)(H,46,47,49)/t32-/m1/s1. The predicted molar refractivity (Wildman–Crippen MR) is 220 cm³/mol. The van der Waals surface area contributed by atoms with Gasteiger partial charge in [0.05, 0.1) is 22.7 Å². The van der Waals surface area contributed by atoms with Crippen LogP contribution in [0.4, 0.5) is 10.2 Å². The zero-order valence-electron chi connectivity index (χ0n) is 31.9. The molecule has 7 rings (SSSR count). The van der Waals surface area contributed by atoms with E-state index >= 15 is 0 Å². The first-order chi connectivity index (χ1) is 27.7. The van der Waals surface area contributed by atoms with Crippen molar-refractivity contribution in [2.45, 2.75) is 32.9 Å². The maximum Gasteiger partial charge on any atom is 0.326 e. The highest BCUT2D eigenvalue weighted by molar-refractivity contribution is 7.22. The fourth-order valence-corrected chi connectivity index (χ4v) is 8.09. The number of halogens is 2. The summed E-state index contributed by atoms with van der Waals surface area (Å²) in [6.45, 7) is 9.66. The summed E-state index contributed by atoms with van der Waals surface area (Å²) in [5.41, 5.74) is 4.35. The van der Waals surface area contributed by atoms with Crippen molar-refractivity contribution in [3.63, 3.8) is 0 Å². The molecular formula is C42H43ClFN7O5S. The maximum absolute atomic E-state index is 14.2. The molecule has 0 spiro atoms. The smallest absolute Gasteiger partial charge is 0.326 e. The first-order valence-electron chi connectivity index (χ1n) is 18.7. The summed E-state index contributed by atoms with van der Waals surface area (Å²) in [5.74, 6) is -0.0205. The molecular weight excluding hydrogens is 769 g/mol. The minimum atomic E-state index is -1.11. The van der Waals surface area contributed by atoms with E-state index in [1.165, 1.54) is 29.8 Å². The van der Waals surface area contributed by atoms with Gasteiger partial charge in [-0.05, 0) is 73.5 Å². The van der Waals surface area contributed by atoms with Crippen molar-refractivity contribution in [3.8, 4) is 39.1 Å². The number of carboxylic acid groups (broad SMARTS) is 1. The van der Waals surface area contributed by atoms with Gasteiger partial charge >= 0.3 is 12.0 Å². The summed E-state index contributed by atoms with van der Waals surface area (Å²) < 4.78 is 31.9. The molecule has 1 saturated heterocycles. The van der Waals surface area contributed by atoms with Crippen LogP contribution in [0.15, 0.2) is 79.3 Å². The highest BCUT2D eigenvalue weighted by atomic mass is 35.5. The van der Waals surface area contributed by atoms with Crippen molar-refractivity contribution >= 4 is 44.9 Å². The molecule has 1 fully saturated rings. The number of piperazine rings is 1. The van der Waals surface area contributed by atoms with Gasteiger partial charge in [-0.15, -0.1) is 11.3 Å². The quantitative estimate of drug-likeness (QED) is 0.0996. The maximum atomic E-state index is 14.2. The summed E-state index contributed by atoms with van der Waals surface area (Å²) in [6.07, 6.45) is 3.08. The number of aromatic nitrogens is 4. The number of fused-ring (bicyclic) bond motifs is 1. The van der Waals surface area contributed by atoms with Gasteiger partial charge in [0.25, 0.3) is 0 Å². The van der Waals surface area contributed by atoms with Crippen LogP contribution >= 0.6 is 22.9 Å². The van der Waals surface area contributed by atoms with Crippen LogP contribution in [0.5, 0.6) is 17.5 Å². The molecule has 0 bridgehead atoms. The van der Waals surface area contributed by atoms with Crippen molar-refractivity contribution in [1.29, 1.82) is 0 Å². The largest absolute Gasteiger partial charge is 0.491 e.